The molecule has 2 heterocycles. The summed E-state index contributed by atoms with van der Waals surface area (Å²) in [6.07, 6.45) is 2.91. The predicted octanol–water partition coefficient (Wildman–Crippen LogP) is 3.62. The molecule has 4 rings (SSSR count). The lowest BCUT2D eigenvalue weighted by atomic mass is 10.1. The van der Waals surface area contributed by atoms with Gasteiger partial charge >= 0.3 is 12.0 Å². The maximum Gasteiger partial charge on any atom is 0.349 e. The first-order valence-electron chi connectivity index (χ1n) is 9.68. The molecule has 1 atom stereocenters. The molecular formula is C21H22N2O5S. The molecule has 1 fully saturated rings. The van der Waals surface area contributed by atoms with E-state index in [0.717, 1.165) is 47.4 Å². The third-order valence-electron chi connectivity index (χ3n) is 5.11. The number of esters is 1. The van der Waals surface area contributed by atoms with Crippen LogP contribution in [0.25, 0.3) is 10.4 Å². The first-order chi connectivity index (χ1) is 14.0. The zero-order valence-corrected chi connectivity index (χ0v) is 16.8. The van der Waals surface area contributed by atoms with Gasteiger partial charge in [0.2, 0.25) is 0 Å². The Labute approximate surface area is 172 Å². The number of thiophene rings is 1. The van der Waals surface area contributed by atoms with Crippen LogP contribution in [-0.4, -0.2) is 30.1 Å². The van der Waals surface area contributed by atoms with Crippen LogP contribution in [0.2, 0.25) is 0 Å². The highest BCUT2D eigenvalue weighted by atomic mass is 32.1. The molecule has 2 aliphatic rings. The summed E-state index contributed by atoms with van der Waals surface area (Å²) in [6, 6.07) is 8.92. The molecule has 3 amide bonds. The summed E-state index contributed by atoms with van der Waals surface area (Å²) in [5.74, 6) is -0.465. The van der Waals surface area contributed by atoms with E-state index in [4.69, 9.17) is 9.47 Å². The SMILES string of the molecule is C[C@H](OC(=O)c1cc2c(s1)-c1ccccc1OC2)C(=O)NC(=O)NC1CCCC1. The summed E-state index contributed by atoms with van der Waals surface area (Å²) in [5, 5.41) is 5.01. The van der Waals surface area contributed by atoms with Crippen molar-refractivity contribution in [2.75, 3.05) is 0 Å². The normalized spacial score (nSPS) is 16.2. The van der Waals surface area contributed by atoms with Gasteiger partial charge in [-0.15, -0.1) is 11.3 Å². The quantitative estimate of drug-likeness (QED) is 0.746. The van der Waals surface area contributed by atoms with Crippen molar-refractivity contribution in [2.45, 2.75) is 51.4 Å². The molecule has 1 aliphatic carbocycles. The third-order valence-corrected chi connectivity index (χ3v) is 6.30. The number of carbonyl (C=O) groups excluding carboxylic acids is 3. The molecule has 0 saturated heterocycles. The van der Waals surface area contributed by atoms with E-state index in [1.54, 1.807) is 6.07 Å². The molecule has 7 nitrogen and oxygen atoms in total. The number of hydrogen-bond donors (Lipinski definition) is 2. The van der Waals surface area contributed by atoms with E-state index in [2.05, 4.69) is 10.6 Å². The molecule has 152 valence electrons. The van der Waals surface area contributed by atoms with Crippen molar-refractivity contribution >= 4 is 29.2 Å². The highest BCUT2D eigenvalue weighted by Gasteiger charge is 2.26. The summed E-state index contributed by atoms with van der Waals surface area (Å²) in [5.41, 5.74) is 1.85. The van der Waals surface area contributed by atoms with Gasteiger partial charge in [0.1, 0.15) is 17.2 Å². The van der Waals surface area contributed by atoms with Crippen LogP contribution >= 0.6 is 11.3 Å². The van der Waals surface area contributed by atoms with Gasteiger partial charge in [0.25, 0.3) is 5.91 Å². The highest BCUT2D eigenvalue weighted by Crippen LogP contribution is 2.42. The largest absolute Gasteiger partial charge is 0.488 e. The first kappa shape index (κ1) is 19.4. The van der Waals surface area contributed by atoms with Crippen LogP contribution in [-0.2, 0) is 16.1 Å². The second kappa shape index (κ2) is 8.24. The molecule has 2 N–H and O–H groups in total. The van der Waals surface area contributed by atoms with Gasteiger partial charge < -0.3 is 14.8 Å². The number of nitrogens with one attached hydrogen (secondary N) is 2. The number of hydrogen-bond acceptors (Lipinski definition) is 6. The first-order valence-corrected chi connectivity index (χ1v) is 10.5. The number of benzene rings is 1. The summed E-state index contributed by atoms with van der Waals surface area (Å²) >= 11 is 1.31. The molecule has 1 aliphatic heterocycles. The van der Waals surface area contributed by atoms with Crippen molar-refractivity contribution in [1.82, 2.24) is 10.6 Å². The Morgan fingerprint density at radius 3 is 2.76 bits per heavy atom. The second-order valence-corrected chi connectivity index (χ2v) is 8.29. The molecule has 2 aromatic rings. The van der Waals surface area contributed by atoms with E-state index in [0.29, 0.717) is 11.5 Å². The van der Waals surface area contributed by atoms with Gasteiger partial charge in [0.05, 0.1) is 0 Å². The average Bonchev–Trinajstić information content (AvgIpc) is 3.37. The monoisotopic (exact) mass is 414 g/mol. The fourth-order valence-corrected chi connectivity index (χ4v) is 4.66. The minimum Gasteiger partial charge on any atom is -0.488 e. The Hall–Kier alpha value is -2.87. The van der Waals surface area contributed by atoms with Crippen molar-refractivity contribution in [2.24, 2.45) is 0 Å². The molecule has 1 aromatic carbocycles. The van der Waals surface area contributed by atoms with Gasteiger partial charge in [-0.2, -0.15) is 0 Å². The number of amides is 3. The van der Waals surface area contributed by atoms with Crippen LogP contribution in [0, 0.1) is 0 Å². The maximum atomic E-state index is 12.5. The fourth-order valence-electron chi connectivity index (χ4n) is 3.58. The van der Waals surface area contributed by atoms with Gasteiger partial charge in [-0.25, -0.2) is 9.59 Å². The van der Waals surface area contributed by atoms with Crippen LogP contribution < -0.4 is 15.4 Å². The Morgan fingerprint density at radius 1 is 1.21 bits per heavy atom. The van der Waals surface area contributed by atoms with Gasteiger partial charge in [-0.1, -0.05) is 25.0 Å². The lowest BCUT2D eigenvalue weighted by Crippen LogP contribution is -2.47. The van der Waals surface area contributed by atoms with E-state index >= 15 is 0 Å². The third kappa shape index (κ3) is 4.27. The van der Waals surface area contributed by atoms with Crippen LogP contribution in [0.5, 0.6) is 5.75 Å². The molecule has 0 spiro atoms. The van der Waals surface area contributed by atoms with Crippen molar-refractivity contribution in [1.29, 1.82) is 0 Å². The topological polar surface area (TPSA) is 93.7 Å². The summed E-state index contributed by atoms with van der Waals surface area (Å²) < 4.78 is 11.0. The molecule has 0 radical (unpaired) electrons. The van der Waals surface area contributed by atoms with Crippen LogP contribution in [0.3, 0.4) is 0 Å². The average molecular weight is 414 g/mol. The number of fused-ring (bicyclic) bond motifs is 3. The highest BCUT2D eigenvalue weighted by molar-refractivity contribution is 7.17. The summed E-state index contributed by atoms with van der Waals surface area (Å²) in [4.78, 5) is 38.0. The number of ether oxygens (including phenoxy) is 2. The Balaban J connectivity index is 1.36. The Kier molecular flexibility index (Phi) is 5.53. The Morgan fingerprint density at radius 2 is 1.97 bits per heavy atom. The van der Waals surface area contributed by atoms with Gasteiger partial charge in [0.15, 0.2) is 6.10 Å². The molecule has 1 saturated carbocycles. The number of imide groups is 1. The lowest BCUT2D eigenvalue weighted by molar-refractivity contribution is -0.127. The van der Waals surface area contributed by atoms with Gasteiger partial charge in [-0.3, -0.25) is 10.1 Å². The zero-order valence-electron chi connectivity index (χ0n) is 16.0. The standard InChI is InChI=1S/C21H22N2O5S/c1-12(19(24)23-21(26)22-14-6-2-3-7-14)28-20(25)17-10-13-11-27-16-9-5-4-8-15(16)18(13)29-17/h4-5,8-10,12,14H,2-3,6-7,11H2,1H3,(H2,22,23,24,26)/t12-/m0/s1. The van der Waals surface area contributed by atoms with Crippen LogP contribution in [0.4, 0.5) is 4.79 Å². The van der Waals surface area contributed by atoms with Crippen molar-refractivity contribution in [3.63, 3.8) is 0 Å². The molecule has 29 heavy (non-hydrogen) atoms. The molecule has 0 bridgehead atoms. The summed E-state index contributed by atoms with van der Waals surface area (Å²) in [6.45, 7) is 1.83. The summed E-state index contributed by atoms with van der Waals surface area (Å²) in [7, 11) is 0. The lowest BCUT2D eigenvalue weighted by Gasteiger charge is -2.16. The van der Waals surface area contributed by atoms with Crippen molar-refractivity contribution < 1.29 is 23.9 Å². The second-order valence-electron chi connectivity index (χ2n) is 7.24. The van der Waals surface area contributed by atoms with Crippen molar-refractivity contribution in [3.05, 3.63) is 40.8 Å². The maximum absolute atomic E-state index is 12.5. The van der Waals surface area contributed by atoms with Gasteiger partial charge in [-0.05, 0) is 38.0 Å². The van der Waals surface area contributed by atoms with Crippen molar-refractivity contribution in [3.8, 4) is 16.2 Å². The number of rotatable bonds is 4. The zero-order chi connectivity index (χ0) is 20.4. The predicted molar refractivity (Wildman–Crippen MR) is 108 cm³/mol. The number of para-hydroxylation sites is 1. The van der Waals surface area contributed by atoms with E-state index in [9.17, 15) is 14.4 Å². The van der Waals surface area contributed by atoms with E-state index in [1.165, 1.54) is 18.3 Å². The molecule has 0 unspecified atom stereocenters. The smallest absolute Gasteiger partial charge is 0.349 e. The van der Waals surface area contributed by atoms with Crippen LogP contribution in [0.1, 0.15) is 47.8 Å². The molecular weight excluding hydrogens is 392 g/mol. The van der Waals surface area contributed by atoms with Gasteiger partial charge in [0, 0.05) is 22.0 Å². The van der Waals surface area contributed by atoms with Crippen LogP contribution in [0.15, 0.2) is 30.3 Å². The minimum absolute atomic E-state index is 0.100. The van der Waals surface area contributed by atoms with E-state index < -0.39 is 24.0 Å². The Bertz CT molecular complexity index is 948. The molecule has 1 aromatic heterocycles. The minimum atomic E-state index is -1.08. The number of carbonyl (C=O) groups is 3. The van der Waals surface area contributed by atoms with E-state index in [-0.39, 0.29) is 6.04 Å². The number of urea groups is 1. The molecule has 8 heteroatoms. The van der Waals surface area contributed by atoms with E-state index in [1.807, 2.05) is 24.3 Å². The fraction of sp³-hybridized carbons (Fsp3) is 0.381.